The van der Waals surface area contributed by atoms with Gasteiger partial charge in [-0.15, -0.1) is 0 Å². The van der Waals surface area contributed by atoms with Crippen LogP contribution < -0.4 is 10.5 Å². The Morgan fingerprint density at radius 1 is 1.44 bits per heavy atom. The summed E-state index contributed by atoms with van der Waals surface area (Å²) in [6.07, 6.45) is 0. The molecule has 1 unspecified atom stereocenters. The summed E-state index contributed by atoms with van der Waals surface area (Å²) in [6.45, 7) is 4.05. The van der Waals surface area contributed by atoms with Gasteiger partial charge in [0.2, 0.25) is 0 Å². The molecule has 2 N–H and O–H groups in total. The molecular formula is C12H14BrN3O2. The lowest BCUT2D eigenvalue weighted by Gasteiger charge is -2.13. The van der Waals surface area contributed by atoms with Crippen molar-refractivity contribution >= 4 is 15.9 Å². The van der Waals surface area contributed by atoms with Gasteiger partial charge in [-0.05, 0) is 32.0 Å². The molecule has 0 radical (unpaired) electrons. The van der Waals surface area contributed by atoms with Gasteiger partial charge in [-0.1, -0.05) is 26.2 Å². The number of rotatable bonds is 4. The van der Waals surface area contributed by atoms with E-state index in [4.69, 9.17) is 10.5 Å². The van der Waals surface area contributed by atoms with Crippen molar-refractivity contribution in [2.75, 3.05) is 0 Å². The highest BCUT2D eigenvalue weighted by Gasteiger charge is 2.11. The van der Waals surface area contributed by atoms with Crippen molar-refractivity contribution in [2.24, 2.45) is 5.73 Å². The van der Waals surface area contributed by atoms with Gasteiger partial charge >= 0.3 is 0 Å². The average Bonchev–Trinajstić information content (AvgIpc) is 2.73. The van der Waals surface area contributed by atoms with Gasteiger partial charge in [-0.3, -0.25) is 0 Å². The Morgan fingerprint density at radius 3 is 2.83 bits per heavy atom. The first kappa shape index (κ1) is 13.0. The van der Waals surface area contributed by atoms with Gasteiger partial charge in [0, 0.05) is 16.1 Å². The Bertz CT molecular complexity index is 540. The molecule has 1 aromatic heterocycles. The number of halogens is 1. The highest BCUT2D eigenvalue weighted by molar-refractivity contribution is 9.10. The van der Waals surface area contributed by atoms with Gasteiger partial charge in [0.05, 0.1) is 0 Å². The summed E-state index contributed by atoms with van der Waals surface area (Å²) in [5.74, 6) is 0.746. The molecule has 0 fully saturated rings. The molecule has 0 aliphatic heterocycles. The normalized spacial score (nSPS) is 12.4. The van der Waals surface area contributed by atoms with Gasteiger partial charge in [0.1, 0.15) is 23.7 Å². The maximum atomic E-state index is 5.91. The Hall–Kier alpha value is -1.40. The number of aromatic nitrogens is 2. The number of benzene rings is 1. The Morgan fingerprint density at radius 2 is 2.22 bits per heavy atom. The van der Waals surface area contributed by atoms with E-state index in [0.29, 0.717) is 12.3 Å². The fraction of sp³-hybridized carbons (Fsp3) is 0.333. The topological polar surface area (TPSA) is 74.2 Å². The summed E-state index contributed by atoms with van der Waals surface area (Å²) in [7, 11) is 0. The van der Waals surface area contributed by atoms with Crippen molar-refractivity contribution in [1.29, 1.82) is 0 Å². The lowest BCUT2D eigenvalue weighted by Crippen LogP contribution is -2.08. The lowest BCUT2D eigenvalue weighted by molar-refractivity contribution is 0.268. The maximum Gasteiger partial charge on any atom is 0.145 e. The largest absolute Gasteiger partial charge is 0.487 e. The lowest BCUT2D eigenvalue weighted by atomic mass is 10.1. The van der Waals surface area contributed by atoms with E-state index in [1.165, 1.54) is 0 Å². The van der Waals surface area contributed by atoms with E-state index in [9.17, 15) is 0 Å². The summed E-state index contributed by atoms with van der Waals surface area (Å²) < 4.78 is 11.3. The van der Waals surface area contributed by atoms with Gasteiger partial charge in [-0.2, -0.15) is 0 Å². The molecule has 5 nitrogen and oxygen atoms in total. The SMILES string of the molecule is Cc1nonc1COc1ccc(Br)cc1C(C)N. The standard InChI is InChI=1S/C12H14BrN3O2/c1-7(14)10-5-9(13)3-4-12(10)17-6-11-8(2)15-18-16-11/h3-5,7H,6,14H2,1-2H3. The molecule has 18 heavy (non-hydrogen) atoms. The zero-order valence-electron chi connectivity index (χ0n) is 10.2. The first-order chi connectivity index (χ1) is 8.58. The minimum absolute atomic E-state index is 0.103. The van der Waals surface area contributed by atoms with E-state index in [2.05, 4.69) is 30.9 Å². The maximum absolute atomic E-state index is 5.91. The summed E-state index contributed by atoms with van der Waals surface area (Å²) in [5.41, 5.74) is 8.28. The molecule has 0 aliphatic rings. The van der Waals surface area contributed by atoms with Gasteiger partial charge in [0.15, 0.2) is 0 Å². The Kier molecular flexibility index (Phi) is 3.98. The molecule has 0 spiro atoms. The number of aryl methyl sites for hydroxylation is 1. The van der Waals surface area contributed by atoms with Crippen molar-refractivity contribution in [1.82, 2.24) is 10.3 Å². The fourth-order valence-electron chi connectivity index (χ4n) is 1.53. The second kappa shape index (κ2) is 5.49. The van der Waals surface area contributed by atoms with Gasteiger partial charge in [-0.25, -0.2) is 4.63 Å². The molecule has 1 aromatic carbocycles. The number of hydrogen-bond donors (Lipinski definition) is 1. The number of ether oxygens (including phenoxy) is 1. The third-order valence-electron chi connectivity index (χ3n) is 2.57. The van der Waals surface area contributed by atoms with E-state index >= 15 is 0 Å². The number of nitrogens with zero attached hydrogens (tertiary/aromatic N) is 2. The van der Waals surface area contributed by atoms with Crippen LogP contribution in [0, 0.1) is 6.92 Å². The van der Waals surface area contributed by atoms with E-state index in [1.54, 1.807) is 0 Å². The number of hydrogen-bond acceptors (Lipinski definition) is 5. The molecule has 2 aromatic rings. The van der Waals surface area contributed by atoms with Crippen LogP contribution in [0.3, 0.4) is 0 Å². The smallest absolute Gasteiger partial charge is 0.145 e. The van der Waals surface area contributed by atoms with Crippen LogP contribution in [-0.4, -0.2) is 10.3 Å². The summed E-state index contributed by atoms with van der Waals surface area (Å²) >= 11 is 3.42. The third kappa shape index (κ3) is 2.88. The molecular weight excluding hydrogens is 298 g/mol. The predicted octanol–water partition coefficient (Wildman–Crippen LogP) is 2.74. The van der Waals surface area contributed by atoms with Crippen LogP contribution in [0.1, 0.15) is 29.9 Å². The highest BCUT2D eigenvalue weighted by Crippen LogP contribution is 2.28. The van der Waals surface area contributed by atoms with Crippen molar-refractivity contribution in [3.05, 3.63) is 39.6 Å². The molecule has 0 aliphatic carbocycles. The van der Waals surface area contributed by atoms with E-state index in [1.807, 2.05) is 32.0 Å². The van der Waals surface area contributed by atoms with E-state index < -0.39 is 0 Å². The van der Waals surface area contributed by atoms with Crippen molar-refractivity contribution in [2.45, 2.75) is 26.5 Å². The van der Waals surface area contributed by atoms with Crippen LogP contribution in [0.2, 0.25) is 0 Å². The molecule has 0 saturated carbocycles. The van der Waals surface area contributed by atoms with Crippen LogP contribution in [0.15, 0.2) is 27.3 Å². The predicted molar refractivity (Wildman–Crippen MR) is 70.1 cm³/mol. The minimum Gasteiger partial charge on any atom is -0.487 e. The van der Waals surface area contributed by atoms with Crippen LogP contribution >= 0.6 is 15.9 Å². The Labute approximate surface area is 113 Å². The first-order valence-electron chi connectivity index (χ1n) is 5.54. The zero-order chi connectivity index (χ0) is 13.1. The van der Waals surface area contributed by atoms with Crippen molar-refractivity contribution in [3.63, 3.8) is 0 Å². The molecule has 6 heteroatoms. The third-order valence-corrected chi connectivity index (χ3v) is 3.07. The summed E-state index contributed by atoms with van der Waals surface area (Å²) in [5, 5.41) is 7.47. The van der Waals surface area contributed by atoms with Crippen molar-refractivity contribution in [3.8, 4) is 5.75 Å². The zero-order valence-corrected chi connectivity index (χ0v) is 11.8. The fourth-order valence-corrected chi connectivity index (χ4v) is 1.91. The number of nitrogens with two attached hydrogens (primary N) is 1. The molecule has 0 amide bonds. The molecule has 1 atom stereocenters. The molecule has 96 valence electrons. The second-order valence-corrected chi connectivity index (χ2v) is 4.97. The molecule has 0 saturated heterocycles. The van der Waals surface area contributed by atoms with Crippen LogP contribution in [-0.2, 0) is 6.61 Å². The monoisotopic (exact) mass is 311 g/mol. The molecule has 2 rings (SSSR count). The minimum atomic E-state index is -0.103. The van der Waals surface area contributed by atoms with Crippen LogP contribution in [0.25, 0.3) is 0 Å². The summed E-state index contributed by atoms with van der Waals surface area (Å²) in [6, 6.07) is 5.64. The first-order valence-corrected chi connectivity index (χ1v) is 6.33. The average molecular weight is 312 g/mol. The quantitative estimate of drug-likeness (QED) is 0.939. The van der Waals surface area contributed by atoms with Gasteiger partial charge in [0.25, 0.3) is 0 Å². The van der Waals surface area contributed by atoms with Crippen molar-refractivity contribution < 1.29 is 9.37 Å². The van der Waals surface area contributed by atoms with Gasteiger partial charge < -0.3 is 10.5 Å². The summed E-state index contributed by atoms with van der Waals surface area (Å²) in [4.78, 5) is 0. The van der Waals surface area contributed by atoms with Crippen LogP contribution in [0.4, 0.5) is 0 Å². The van der Waals surface area contributed by atoms with Crippen LogP contribution in [0.5, 0.6) is 5.75 Å². The highest BCUT2D eigenvalue weighted by atomic mass is 79.9. The van der Waals surface area contributed by atoms with E-state index in [0.717, 1.165) is 21.5 Å². The molecule has 1 heterocycles. The van der Waals surface area contributed by atoms with E-state index in [-0.39, 0.29) is 6.04 Å². The second-order valence-electron chi connectivity index (χ2n) is 4.06. The molecule has 0 bridgehead atoms. The Balaban J connectivity index is 2.16.